The fourth-order valence-electron chi connectivity index (χ4n) is 15.3. The summed E-state index contributed by atoms with van der Waals surface area (Å²) in [7, 11) is 0. The zero-order chi connectivity index (χ0) is 94.0. The van der Waals surface area contributed by atoms with Crippen LogP contribution in [0.15, 0.2) is 309 Å². The van der Waals surface area contributed by atoms with Gasteiger partial charge in [0, 0.05) is 0 Å². The molecule has 0 saturated carbocycles. The molecule has 21 heteroatoms. The molecule has 0 spiro atoms. The van der Waals surface area contributed by atoms with Gasteiger partial charge in [-0.1, -0.05) is 460 Å². The van der Waals surface area contributed by atoms with E-state index in [1.54, 1.807) is 136 Å². The molecule has 0 radical (unpaired) electrons. The van der Waals surface area contributed by atoms with Crippen molar-refractivity contribution >= 4 is 152 Å². The van der Waals surface area contributed by atoms with Gasteiger partial charge in [0.15, 0.2) is 0 Å². The van der Waals surface area contributed by atoms with Gasteiger partial charge in [-0.25, -0.2) is 0 Å². The molecule has 0 fully saturated rings. The molecule has 137 heavy (non-hydrogen) atoms. The van der Waals surface area contributed by atoms with E-state index < -0.39 is 0 Å². The van der Waals surface area contributed by atoms with Crippen LogP contribution in [0.3, 0.4) is 0 Å². The van der Waals surface area contributed by atoms with Crippen LogP contribution in [0.1, 0.15) is 150 Å². The summed E-state index contributed by atoms with van der Waals surface area (Å²) in [5, 5.41) is 166. The molecule has 16 rings (SSSR count). The van der Waals surface area contributed by atoms with Crippen LogP contribution >= 0.6 is 0 Å². The van der Waals surface area contributed by atoms with E-state index in [1.165, 1.54) is 18.2 Å². The molecule has 0 aromatic heterocycles. The molecule has 0 aliphatic carbocycles. The molecule has 0 amide bonds. The first kappa shape index (κ1) is 120. The van der Waals surface area contributed by atoms with E-state index in [0.29, 0.717) is 128 Å². The van der Waals surface area contributed by atoms with Gasteiger partial charge in [-0.05, 0) is 157 Å². The monoisotopic (exact) mass is 1880 g/mol. The molecule has 16 aromatic rings. The standard InChI is InChI=1S/C26H22O2.3C16H18O2.3C14H14O2.3Be.2Ca.2Mg/c1-18-14-22(20-10-6-3-7-11-20)16-24(26(18)28)17-23-15-21(12-13-25(23)27)19-8-4-2-5-9-19;3*1-10-4-5-15(17)13(7-10)9-14-8-11(2)6-12(3)16(14)18;3*1-10-5-4-7-12(14(10)16)9-11-6-2-3-8-13(11)15;;;;;;;/h2-16,27-28H,17H2,1H3;3*4-8,17-18H,9H2,1-3H3;3*2-8,15-16H,9H2,1H3;;;;;;;/q;;;;;;;7*+2/p-14. The van der Waals surface area contributed by atoms with Crippen LogP contribution < -0.4 is 71.5 Å². The van der Waals surface area contributed by atoms with Crippen molar-refractivity contribution in [2.75, 3.05) is 0 Å². The SMILES string of the molecule is Cc1cc(-c2ccccc2)cc(Cc2cc(-c3ccccc3)ccc2[O-])c1[O-].Cc1ccc([O-])c(Cc2cc(C)cc(C)c2[O-])c1.Cc1ccc([O-])c(Cc2cc(C)cc(C)c2[O-])c1.Cc1ccc([O-])c(Cc2cc(C)cc(C)c2[O-])c1.Cc1cccc(Cc2ccccc2[O-])c1[O-].Cc1cccc(Cc2ccccc2[O-])c1[O-].Cc1cccc(Cc2ccccc2[O-])c1[O-].[Be+2].[Be+2].[Be+2].[Ca+2].[Ca+2].[Mg+2].[Mg+2]. The first-order valence-electron chi connectivity index (χ1n) is 42.9. The first-order chi connectivity index (χ1) is 62.1. The summed E-state index contributed by atoms with van der Waals surface area (Å²) in [5.41, 5.74) is 25.0. The predicted octanol–water partition coefficient (Wildman–Crippen LogP) is 14.7. The predicted molar refractivity (Wildman–Crippen MR) is 535 cm³/mol. The topological polar surface area (TPSA) is 323 Å². The number of benzene rings is 16. The first-order valence-corrected chi connectivity index (χ1v) is 42.9. The number of rotatable bonds is 16. The van der Waals surface area contributed by atoms with Crippen molar-refractivity contribution in [3.63, 3.8) is 0 Å². The number of hydrogen-bond acceptors (Lipinski definition) is 14. The van der Waals surface area contributed by atoms with E-state index in [0.717, 1.165) is 89.0 Å². The summed E-state index contributed by atoms with van der Waals surface area (Å²) in [5.74, 6) is 0.158. The van der Waals surface area contributed by atoms with Crippen molar-refractivity contribution < 1.29 is 71.5 Å². The van der Waals surface area contributed by atoms with Crippen LogP contribution in [0, 0.1) is 90.0 Å². The number of aryl methyl sites for hydroxylation is 13. The Morgan fingerprint density at radius 3 is 0.642 bits per heavy atom. The second-order valence-electron chi connectivity index (χ2n) is 33.1. The minimum atomic E-state index is -0.0400. The Hall–Kier alpha value is -10.7. The Balaban J connectivity index is 0.000000412. The minimum absolute atomic E-state index is 0. The molecule has 0 aliphatic heterocycles. The van der Waals surface area contributed by atoms with Crippen LogP contribution in [-0.2, 0) is 44.9 Å². The zero-order valence-corrected chi connectivity index (χ0v) is 87.8. The van der Waals surface area contributed by atoms with Gasteiger partial charge in [0.25, 0.3) is 0 Å². The third-order valence-corrected chi connectivity index (χ3v) is 22.2. The van der Waals surface area contributed by atoms with Gasteiger partial charge in [-0.3, -0.25) is 0 Å². The van der Waals surface area contributed by atoms with E-state index in [1.807, 2.05) is 245 Å². The van der Waals surface area contributed by atoms with Crippen LogP contribution in [0.5, 0.6) is 80.5 Å². The van der Waals surface area contributed by atoms with E-state index in [4.69, 9.17) is 0 Å². The maximum absolute atomic E-state index is 12.7. The molecule has 0 saturated heterocycles. The Bertz CT molecular complexity index is 6120. The third kappa shape index (κ3) is 35.3. The van der Waals surface area contributed by atoms with Crippen molar-refractivity contribution in [3.8, 4) is 103 Å². The van der Waals surface area contributed by atoms with Gasteiger partial charge in [0.2, 0.25) is 0 Å². The van der Waals surface area contributed by atoms with Crippen LogP contribution in [-0.4, -0.2) is 152 Å². The summed E-state index contributed by atoms with van der Waals surface area (Å²) >= 11 is 0. The second-order valence-corrected chi connectivity index (χ2v) is 33.1. The average molecular weight is 1880 g/mol. The summed E-state index contributed by atoms with van der Waals surface area (Å²) in [6.45, 7) is 24.4. The minimum Gasteiger partial charge on any atom is -0.872 e. The summed E-state index contributed by atoms with van der Waals surface area (Å²) < 4.78 is 0. The second kappa shape index (κ2) is 58.2. The molecule has 0 atom stereocenters. The molecule has 0 bridgehead atoms. The van der Waals surface area contributed by atoms with Gasteiger partial charge in [-0.2, -0.15) is 0 Å². The van der Waals surface area contributed by atoms with Gasteiger partial charge in [-0.15, -0.1) is 80.5 Å². The Morgan fingerprint density at radius 1 is 0.146 bits per heavy atom. The Morgan fingerprint density at radius 2 is 0.350 bits per heavy atom. The van der Waals surface area contributed by atoms with E-state index in [9.17, 15) is 71.5 Å². The van der Waals surface area contributed by atoms with Crippen LogP contribution in [0.2, 0.25) is 0 Å². The molecule has 0 heterocycles. The largest absolute Gasteiger partial charge is 2.00 e. The normalized spacial score (nSPS) is 9.99. The van der Waals surface area contributed by atoms with Gasteiger partial charge < -0.3 is 71.5 Å². The van der Waals surface area contributed by atoms with Crippen molar-refractivity contribution in [2.45, 2.75) is 135 Å². The molecule has 0 unspecified atom stereocenters. The van der Waals surface area contributed by atoms with Crippen molar-refractivity contribution in [3.05, 3.63) is 460 Å². The summed E-state index contributed by atoms with van der Waals surface area (Å²) in [4.78, 5) is 0. The smallest absolute Gasteiger partial charge is 0.872 e. The molecular weight excluding hydrogens is 1770 g/mol. The Kier molecular flexibility index (Phi) is 51.2. The molecule has 0 N–H and O–H groups in total. The number of hydrogen-bond donors (Lipinski definition) is 0. The van der Waals surface area contributed by atoms with Gasteiger partial charge >= 0.3 is 152 Å². The molecule has 0 aliphatic rings. The average Bonchev–Trinajstić information content (AvgIpc) is 0.792. The van der Waals surface area contributed by atoms with Crippen molar-refractivity contribution in [2.24, 2.45) is 0 Å². The fraction of sp³-hybridized carbons (Fsp3) is 0.172. The van der Waals surface area contributed by atoms with Gasteiger partial charge in [0.1, 0.15) is 0 Å². The zero-order valence-electron chi connectivity index (χ0n) is 80.6. The van der Waals surface area contributed by atoms with Crippen LogP contribution in [0.25, 0.3) is 22.3 Å². The van der Waals surface area contributed by atoms with Crippen LogP contribution in [0.4, 0.5) is 0 Å². The van der Waals surface area contributed by atoms with Crippen molar-refractivity contribution in [1.82, 2.24) is 0 Å². The van der Waals surface area contributed by atoms with Gasteiger partial charge in [0.05, 0.1) is 0 Å². The third-order valence-electron chi connectivity index (χ3n) is 22.2. The van der Waals surface area contributed by atoms with Crippen molar-refractivity contribution in [1.29, 1.82) is 0 Å². The van der Waals surface area contributed by atoms with E-state index in [-0.39, 0.29) is 232 Å². The fourth-order valence-corrected chi connectivity index (χ4v) is 15.3. The summed E-state index contributed by atoms with van der Waals surface area (Å²) in [6, 6.07) is 92.7. The molecule has 14 nitrogen and oxygen atoms in total. The number of para-hydroxylation sites is 6. The quantitative estimate of drug-likeness (QED) is 0.0812. The Labute approximate surface area is 910 Å². The maximum atomic E-state index is 12.7. The van der Waals surface area contributed by atoms with E-state index in [2.05, 4.69) is 0 Å². The molecular formula is C116H104Be3Ca2Mg2O14. The molecule has 666 valence electrons. The summed E-state index contributed by atoms with van der Waals surface area (Å²) in [6.07, 6.45) is 2.84. The molecule has 16 aromatic carbocycles. The maximum Gasteiger partial charge on any atom is 2.00 e. The van der Waals surface area contributed by atoms with E-state index >= 15 is 0 Å².